The number of fused-ring (bicyclic) bond motifs is 1. The van der Waals surface area contributed by atoms with Crippen LogP contribution in [-0.2, 0) is 10.0 Å². The highest BCUT2D eigenvalue weighted by atomic mass is 32.2. The van der Waals surface area contributed by atoms with Gasteiger partial charge in [-0.2, -0.15) is 18.3 Å². The van der Waals surface area contributed by atoms with E-state index in [1.54, 1.807) is 22.3 Å². The van der Waals surface area contributed by atoms with Gasteiger partial charge in [-0.1, -0.05) is 6.07 Å². The van der Waals surface area contributed by atoms with Crippen LogP contribution in [0.1, 0.15) is 30.2 Å². The molecule has 30 heavy (non-hydrogen) atoms. The van der Waals surface area contributed by atoms with Gasteiger partial charge in [0.2, 0.25) is 0 Å². The first kappa shape index (κ1) is 21.6. The minimum absolute atomic E-state index is 0.0729. The quantitative estimate of drug-likeness (QED) is 0.612. The van der Waals surface area contributed by atoms with E-state index >= 15 is 0 Å². The topological polar surface area (TPSA) is 106 Å². The molecule has 0 fully saturated rings. The Labute approximate surface area is 170 Å². The molecule has 8 nitrogen and oxygen atoms in total. The summed E-state index contributed by atoms with van der Waals surface area (Å²) < 4.78 is 66.2. The van der Waals surface area contributed by atoms with Gasteiger partial charge in [-0.3, -0.25) is 9.52 Å². The maximum Gasteiger partial charge on any atom is 0.405 e. The highest BCUT2D eigenvalue weighted by Crippen LogP contribution is 2.22. The summed E-state index contributed by atoms with van der Waals surface area (Å²) in [7, 11) is -4.11. The second-order valence-electron chi connectivity index (χ2n) is 6.75. The zero-order chi connectivity index (χ0) is 22.1. The zero-order valence-electron chi connectivity index (χ0n) is 15.9. The number of rotatable bonds is 6. The van der Waals surface area contributed by atoms with Gasteiger partial charge in [-0.25, -0.2) is 18.1 Å². The van der Waals surface area contributed by atoms with Crippen LogP contribution in [0.2, 0.25) is 0 Å². The average molecular weight is 441 g/mol. The van der Waals surface area contributed by atoms with E-state index in [9.17, 15) is 26.4 Å². The summed E-state index contributed by atoms with van der Waals surface area (Å²) in [5.41, 5.74) is 0.558. The van der Waals surface area contributed by atoms with Gasteiger partial charge in [0.25, 0.3) is 15.9 Å². The molecule has 0 unspecified atom stereocenters. The summed E-state index contributed by atoms with van der Waals surface area (Å²) in [6.45, 7) is 2.35. The van der Waals surface area contributed by atoms with Crippen LogP contribution in [0.5, 0.6) is 0 Å². The molecule has 0 spiro atoms. The summed E-state index contributed by atoms with van der Waals surface area (Å²) in [6.07, 6.45) is -1.68. The smallest absolute Gasteiger partial charge is 0.343 e. The van der Waals surface area contributed by atoms with Gasteiger partial charge < -0.3 is 5.32 Å². The molecule has 0 aliphatic carbocycles. The van der Waals surface area contributed by atoms with Crippen LogP contribution in [0.15, 0.2) is 47.6 Å². The number of nitrogens with one attached hydrogen (secondary N) is 2. The van der Waals surface area contributed by atoms with Crippen molar-refractivity contribution in [1.29, 1.82) is 0 Å². The Morgan fingerprint density at radius 1 is 1.20 bits per heavy atom. The van der Waals surface area contributed by atoms with E-state index in [-0.39, 0.29) is 22.2 Å². The fourth-order valence-corrected chi connectivity index (χ4v) is 3.75. The molecule has 0 bridgehead atoms. The minimum atomic E-state index is -4.57. The monoisotopic (exact) mass is 441 g/mol. The van der Waals surface area contributed by atoms with Crippen LogP contribution in [0, 0.1) is 0 Å². The van der Waals surface area contributed by atoms with Gasteiger partial charge in [0.05, 0.1) is 23.0 Å². The van der Waals surface area contributed by atoms with Crippen molar-refractivity contribution in [2.45, 2.75) is 31.0 Å². The number of hydrogen-bond acceptors (Lipinski definition) is 5. The fourth-order valence-electron chi connectivity index (χ4n) is 2.67. The molecular formula is C18H18F3N5O3S. The van der Waals surface area contributed by atoms with Crippen LogP contribution >= 0.6 is 0 Å². The number of benzene rings is 1. The number of amides is 1. The van der Waals surface area contributed by atoms with Crippen molar-refractivity contribution >= 4 is 32.7 Å². The fraction of sp³-hybridized carbons (Fsp3) is 0.278. The lowest BCUT2D eigenvalue weighted by atomic mass is 10.2. The molecule has 1 aromatic carbocycles. The van der Waals surface area contributed by atoms with Crippen LogP contribution in [0.25, 0.3) is 11.0 Å². The SMILES string of the molecule is CC(C)n1ncc2cc(NS(=O)(=O)c3cccc(C(=O)NCC(F)(F)F)c3)cnc21. The van der Waals surface area contributed by atoms with Crippen molar-refractivity contribution < 1.29 is 26.4 Å². The first-order valence-corrected chi connectivity index (χ1v) is 10.3. The summed E-state index contributed by atoms with van der Waals surface area (Å²) in [6, 6.07) is 6.35. The standard InChI is InChI=1S/C18H18F3N5O3S/c1-11(2)26-16-13(8-24-26)6-14(9-22-16)25-30(28,29)15-5-3-4-12(7-15)17(27)23-10-18(19,20)21/h3-9,11,25H,10H2,1-2H3,(H,23,27). The maximum absolute atomic E-state index is 12.7. The summed E-state index contributed by atoms with van der Waals surface area (Å²) >= 11 is 0. The number of carbonyl (C=O) groups is 1. The maximum atomic E-state index is 12.7. The Kier molecular flexibility index (Phi) is 5.70. The molecule has 2 N–H and O–H groups in total. The molecule has 12 heteroatoms. The van der Waals surface area contributed by atoms with Gasteiger partial charge >= 0.3 is 6.18 Å². The third kappa shape index (κ3) is 4.87. The second kappa shape index (κ2) is 7.94. The zero-order valence-corrected chi connectivity index (χ0v) is 16.8. The highest BCUT2D eigenvalue weighted by molar-refractivity contribution is 7.92. The summed E-state index contributed by atoms with van der Waals surface area (Å²) in [4.78, 5) is 15.8. The van der Waals surface area contributed by atoms with Crippen molar-refractivity contribution in [1.82, 2.24) is 20.1 Å². The number of alkyl halides is 3. The number of pyridine rings is 1. The van der Waals surface area contributed by atoms with E-state index in [1.165, 1.54) is 24.4 Å². The molecule has 160 valence electrons. The third-order valence-electron chi connectivity index (χ3n) is 4.03. The Bertz CT molecular complexity index is 1190. The van der Waals surface area contributed by atoms with Crippen LogP contribution in [0.3, 0.4) is 0 Å². The van der Waals surface area contributed by atoms with E-state index in [0.29, 0.717) is 11.0 Å². The van der Waals surface area contributed by atoms with Crippen molar-refractivity contribution in [2.24, 2.45) is 0 Å². The van der Waals surface area contributed by atoms with E-state index in [4.69, 9.17) is 0 Å². The summed E-state index contributed by atoms with van der Waals surface area (Å²) in [5.74, 6) is -1.03. The first-order chi connectivity index (χ1) is 14.0. The van der Waals surface area contributed by atoms with Crippen molar-refractivity contribution in [2.75, 3.05) is 11.3 Å². The Balaban J connectivity index is 1.82. The van der Waals surface area contributed by atoms with Crippen LogP contribution in [0.4, 0.5) is 18.9 Å². The largest absolute Gasteiger partial charge is 0.405 e. The summed E-state index contributed by atoms with van der Waals surface area (Å²) in [5, 5.41) is 6.54. The molecule has 2 aromatic heterocycles. The van der Waals surface area contributed by atoms with E-state index in [1.807, 2.05) is 13.8 Å². The predicted molar refractivity (Wildman–Crippen MR) is 104 cm³/mol. The molecule has 1 amide bonds. The average Bonchev–Trinajstić information content (AvgIpc) is 3.09. The number of aromatic nitrogens is 3. The van der Waals surface area contributed by atoms with E-state index in [0.717, 1.165) is 6.07 Å². The molecule has 0 saturated carbocycles. The lowest BCUT2D eigenvalue weighted by molar-refractivity contribution is -0.123. The van der Waals surface area contributed by atoms with Gasteiger partial charge in [0.15, 0.2) is 5.65 Å². The number of halogens is 3. The van der Waals surface area contributed by atoms with Crippen LogP contribution in [-0.4, -0.2) is 41.8 Å². The molecule has 0 aliphatic heterocycles. The van der Waals surface area contributed by atoms with Crippen molar-refractivity contribution in [3.05, 3.63) is 48.3 Å². The predicted octanol–water partition coefficient (Wildman–Crippen LogP) is 3.11. The van der Waals surface area contributed by atoms with Crippen molar-refractivity contribution in [3.8, 4) is 0 Å². The second-order valence-corrected chi connectivity index (χ2v) is 8.43. The minimum Gasteiger partial charge on any atom is -0.343 e. The Hall–Kier alpha value is -3.15. The molecule has 3 aromatic rings. The number of hydrogen-bond donors (Lipinski definition) is 2. The molecule has 0 atom stereocenters. The van der Waals surface area contributed by atoms with Gasteiger partial charge in [0, 0.05) is 17.0 Å². The highest BCUT2D eigenvalue weighted by Gasteiger charge is 2.28. The molecule has 3 rings (SSSR count). The van der Waals surface area contributed by atoms with Gasteiger partial charge in [-0.05, 0) is 38.1 Å². The lowest BCUT2D eigenvalue weighted by Gasteiger charge is -2.11. The number of sulfonamides is 1. The molecule has 0 saturated heterocycles. The Morgan fingerprint density at radius 3 is 2.60 bits per heavy atom. The van der Waals surface area contributed by atoms with Crippen LogP contribution < -0.4 is 10.0 Å². The molecule has 0 radical (unpaired) electrons. The van der Waals surface area contributed by atoms with Crippen molar-refractivity contribution in [3.63, 3.8) is 0 Å². The Morgan fingerprint density at radius 2 is 1.93 bits per heavy atom. The normalized spacial score (nSPS) is 12.3. The molecule has 0 aliphatic rings. The number of nitrogens with zero attached hydrogens (tertiary/aromatic N) is 3. The van der Waals surface area contributed by atoms with Gasteiger partial charge in [-0.15, -0.1) is 0 Å². The lowest BCUT2D eigenvalue weighted by Crippen LogP contribution is -2.33. The number of carbonyl (C=O) groups excluding carboxylic acids is 1. The third-order valence-corrected chi connectivity index (χ3v) is 5.41. The molecule has 2 heterocycles. The number of anilines is 1. The first-order valence-electron chi connectivity index (χ1n) is 8.77. The van der Waals surface area contributed by atoms with Gasteiger partial charge in [0.1, 0.15) is 6.54 Å². The molecular weight excluding hydrogens is 423 g/mol. The van der Waals surface area contributed by atoms with E-state index < -0.39 is 28.7 Å². The van der Waals surface area contributed by atoms with E-state index in [2.05, 4.69) is 14.8 Å².